The van der Waals surface area contributed by atoms with Gasteiger partial charge in [0.05, 0.1) is 0 Å². The molecule has 1 rings (SSSR count). The lowest BCUT2D eigenvalue weighted by molar-refractivity contribution is -0.136. The van der Waals surface area contributed by atoms with Crippen LogP contribution in [0.3, 0.4) is 0 Å². The predicted octanol–water partition coefficient (Wildman–Crippen LogP) is 0.866. The van der Waals surface area contributed by atoms with Gasteiger partial charge in [0.1, 0.15) is 5.54 Å². The van der Waals surface area contributed by atoms with Crippen molar-refractivity contribution in [3.05, 3.63) is 11.6 Å². The lowest BCUT2D eigenvalue weighted by Crippen LogP contribution is -2.52. The van der Waals surface area contributed by atoms with Crippen LogP contribution in [-0.2, 0) is 9.59 Å². The molecule has 84 valence electrons. The Morgan fingerprint density at radius 1 is 1.53 bits per heavy atom. The van der Waals surface area contributed by atoms with Gasteiger partial charge in [0.25, 0.3) is 0 Å². The van der Waals surface area contributed by atoms with Crippen molar-refractivity contribution in [1.82, 2.24) is 10.2 Å². The number of rotatable bonds is 2. The molecule has 0 aliphatic carbocycles. The molecule has 0 unspecified atom stereocenters. The zero-order chi connectivity index (χ0) is 11.5. The Kier molecular flexibility index (Phi) is 3.74. The molecule has 0 aromatic rings. The minimum absolute atomic E-state index is 0.0804. The van der Waals surface area contributed by atoms with E-state index in [1.165, 1.54) is 5.54 Å². The van der Waals surface area contributed by atoms with Crippen molar-refractivity contribution < 1.29 is 9.59 Å². The first-order valence-electron chi connectivity index (χ1n) is 4.83. The fourth-order valence-electron chi connectivity index (χ4n) is 1.54. The molecule has 4 nitrogen and oxygen atoms in total. The summed E-state index contributed by atoms with van der Waals surface area (Å²) in [6, 6.07) is 0. The molecule has 1 fully saturated rings. The minimum Gasteiger partial charge on any atom is -0.342 e. The summed E-state index contributed by atoms with van der Waals surface area (Å²) in [7, 11) is 0. The Morgan fingerprint density at radius 2 is 2.20 bits per heavy atom. The van der Waals surface area contributed by atoms with E-state index in [1.807, 2.05) is 0 Å². The number of carbonyl (C=O) groups is 2. The largest absolute Gasteiger partial charge is 0.342 e. The van der Waals surface area contributed by atoms with Gasteiger partial charge in [-0.3, -0.25) is 9.59 Å². The highest BCUT2D eigenvalue weighted by Gasteiger charge is 2.35. The van der Waals surface area contributed by atoms with Crippen LogP contribution in [0.5, 0.6) is 0 Å². The van der Waals surface area contributed by atoms with Crippen LogP contribution in [0.25, 0.3) is 0 Å². The molecule has 1 aliphatic heterocycles. The van der Waals surface area contributed by atoms with E-state index in [0.29, 0.717) is 19.5 Å². The fourth-order valence-corrected chi connectivity index (χ4v) is 1.62. The van der Waals surface area contributed by atoms with Gasteiger partial charge < -0.3 is 10.2 Å². The van der Waals surface area contributed by atoms with Gasteiger partial charge >= 0.3 is 0 Å². The normalized spacial score (nSPS) is 21.7. The summed E-state index contributed by atoms with van der Waals surface area (Å²) in [5.41, 5.74) is 0.550. The minimum atomic E-state index is -0.826. The highest BCUT2D eigenvalue weighted by Crippen LogP contribution is 2.13. The van der Waals surface area contributed by atoms with Crippen LogP contribution in [0.4, 0.5) is 0 Å². The number of hydrogen-bond donors (Lipinski definition) is 1. The maximum Gasteiger partial charge on any atom is 0.248 e. The van der Waals surface area contributed by atoms with Crippen LogP contribution in [0.2, 0.25) is 0 Å². The van der Waals surface area contributed by atoms with Gasteiger partial charge in [0.2, 0.25) is 11.8 Å². The Labute approximate surface area is 94.3 Å². The molecule has 0 spiro atoms. The third-order valence-corrected chi connectivity index (χ3v) is 2.48. The summed E-state index contributed by atoms with van der Waals surface area (Å²) in [5, 5.41) is 2.69. The molecule has 1 aliphatic rings. The average Bonchev–Trinajstić information content (AvgIpc) is 2.24. The van der Waals surface area contributed by atoms with Crippen LogP contribution < -0.4 is 5.32 Å². The second-order valence-corrected chi connectivity index (χ2v) is 4.29. The second kappa shape index (κ2) is 4.66. The molecular weight excluding hydrogens is 216 g/mol. The maximum atomic E-state index is 12.0. The van der Waals surface area contributed by atoms with E-state index >= 15 is 0 Å². The van der Waals surface area contributed by atoms with Gasteiger partial charge in [-0.1, -0.05) is 17.7 Å². The van der Waals surface area contributed by atoms with Crippen molar-refractivity contribution in [2.75, 3.05) is 13.1 Å². The van der Waals surface area contributed by atoms with Crippen LogP contribution in [-0.4, -0.2) is 35.3 Å². The zero-order valence-electron chi connectivity index (χ0n) is 8.92. The molecule has 1 saturated heterocycles. The number of amides is 2. The van der Waals surface area contributed by atoms with Gasteiger partial charge in [-0.15, -0.1) is 0 Å². The van der Waals surface area contributed by atoms with Gasteiger partial charge in [-0.25, -0.2) is 0 Å². The van der Waals surface area contributed by atoms with E-state index < -0.39 is 5.54 Å². The number of hydrogen-bond acceptors (Lipinski definition) is 2. The highest BCUT2D eigenvalue weighted by molar-refractivity contribution is 6.25. The lowest BCUT2D eigenvalue weighted by atomic mass is 10.0. The van der Waals surface area contributed by atoms with Gasteiger partial charge in [0, 0.05) is 25.0 Å². The second-order valence-electron chi connectivity index (χ2n) is 4.04. The van der Waals surface area contributed by atoms with E-state index in [1.54, 1.807) is 24.8 Å². The van der Waals surface area contributed by atoms with Gasteiger partial charge in [-0.2, -0.15) is 0 Å². The Balaban J connectivity index is 2.80. The summed E-state index contributed by atoms with van der Waals surface area (Å²) in [6.07, 6.45) is 2.02. The van der Waals surface area contributed by atoms with Crippen molar-refractivity contribution in [2.24, 2.45) is 0 Å². The standard InChI is InChI=1S/C10H15ClN2O2/c1-10(2)9(15)13(6-3-5-11)7-4-8(14)12-10/h3,5H,4,6-7H2,1-2H3,(H,12,14)/b5-3+. The third kappa shape index (κ3) is 2.96. The number of carbonyl (C=O) groups excluding carboxylic acids is 2. The molecule has 0 aromatic carbocycles. The summed E-state index contributed by atoms with van der Waals surface area (Å²) in [6.45, 7) is 4.29. The van der Waals surface area contributed by atoms with Crippen molar-refractivity contribution in [1.29, 1.82) is 0 Å². The highest BCUT2D eigenvalue weighted by atomic mass is 35.5. The van der Waals surface area contributed by atoms with Crippen LogP contribution in [0.15, 0.2) is 11.6 Å². The van der Waals surface area contributed by atoms with Crippen LogP contribution in [0.1, 0.15) is 20.3 Å². The summed E-state index contributed by atoms with van der Waals surface area (Å²) < 4.78 is 0. The number of halogens is 1. The van der Waals surface area contributed by atoms with Crippen molar-refractivity contribution in [2.45, 2.75) is 25.8 Å². The zero-order valence-corrected chi connectivity index (χ0v) is 9.67. The summed E-state index contributed by atoms with van der Waals surface area (Å²) >= 11 is 5.41. The Morgan fingerprint density at radius 3 is 2.80 bits per heavy atom. The summed E-state index contributed by atoms with van der Waals surface area (Å²) in [4.78, 5) is 24.9. The molecule has 0 radical (unpaired) electrons. The first-order valence-corrected chi connectivity index (χ1v) is 5.26. The van der Waals surface area contributed by atoms with E-state index in [4.69, 9.17) is 11.6 Å². The molecule has 0 aromatic heterocycles. The first-order chi connectivity index (χ1) is 6.97. The molecule has 0 saturated carbocycles. The smallest absolute Gasteiger partial charge is 0.248 e. The molecule has 2 amide bonds. The molecule has 1 N–H and O–H groups in total. The number of nitrogens with one attached hydrogen (secondary N) is 1. The quantitative estimate of drug-likeness (QED) is 0.765. The Hall–Kier alpha value is -1.03. The molecule has 1 heterocycles. The van der Waals surface area contributed by atoms with Gasteiger partial charge in [0.15, 0.2) is 0 Å². The maximum absolute atomic E-state index is 12.0. The van der Waals surface area contributed by atoms with E-state index in [0.717, 1.165) is 0 Å². The molecular formula is C10H15ClN2O2. The SMILES string of the molecule is CC1(C)NC(=O)CCN(C/C=C/Cl)C1=O. The third-order valence-electron chi connectivity index (χ3n) is 2.30. The summed E-state index contributed by atoms with van der Waals surface area (Å²) in [5.74, 6) is -0.172. The fraction of sp³-hybridized carbons (Fsp3) is 0.600. The van der Waals surface area contributed by atoms with E-state index in [9.17, 15) is 9.59 Å². The van der Waals surface area contributed by atoms with Crippen molar-refractivity contribution >= 4 is 23.4 Å². The number of nitrogens with zero attached hydrogens (tertiary/aromatic N) is 1. The monoisotopic (exact) mass is 230 g/mol. The molecule has 15 heavy (non-hydrogen) atoms. The Bertz CT molecular complexity index is 300. The van der Waals surface area contributed by atoms with Crippen molar-refractivity contribution in [3.8, 4) is 0 Å². The van der Waals surface area contributed by atoms with Crippen LogP contribution >= 0.6 is 11.6 Å². The van der Waals surface area contributed by atoms with Crippen LogP contribution in [0, 0.1) is 0 Å². The molecule has 0 bridgehead atoms. The molecule has 5 heteroatoms. The topological polar surface area (TPSA) is 49.4 Å². The predicted molar refractivity (Wildman–Crippen MR) is 58.4 cm³/mol. The van der Waals surface area contributed by atoms with E-state index in [-0.39, 0.29) is 11.8 Å². The van der Waals surface area contributed by atoms with Gasteiger partial charge in [-0.05, 0) is 13.8 Å². The van der Waals surface area contributed by atoms with E-state index in [2.05, 4.69) is 5.32 Å². The molecule has 0 atom stereocenters. The lowest BCUT2D eigenvalue weighted by Gasteiger charge is -2.27. The first kappa shape index (κ1) is 12.0. The average molecular weight is 231 g/mol. The van der Waals surface area contributed by atoms with Crippen molar-refractivity contribution in [3.63, 3.8) is 0 Å².